The lowest BCUT2D eigenvalue weighted by molar-refractivity contribution is -0.118. The highest BCUT2D eigenvalue weighted by Gasteiger charge is 2.51. The number of rotatable bonds is 6. The number of carbonyl (C=O) groups excluding carboxylic acids is 2. The largest absolute Gasteiger partial charge is 0.462 e. The van der Waals surface area contributed by atoms with Gasteiger partial charge in [0.15, 0.2) is 0 Å². The van der Waals surface area contributed by atoms with Crippen molar-refractivity contribution in [2.24, 2.45) is 0 Å². The summed E-state index contributed by atoms with van der Waals surface area (Å²) in [6.07, 6.45) is 3.24. The molecule has 0 spiro atoms. The second kappa shape index (κ2) is 7.54. The third-order valence-electron chi connectivity index (χ3n) is 5.39. The lowest BCUT2D eigenvalue weighted by Gasteiger charge is -2.16. The zero-order chi connectivity index (χ0) is 20.4. The van der Waals surface area contributed by atoms with Gasteiger partial charge in [-0.1, -0.05) is 30.3 Å². The van der Waals surface area contributed by atoms with Crippen LogP contribution < -0.4 is 5.32 Å². The molecule has 1 N–H and O–H groups in total. The van der Waals surface area contributed by atoms with Gasteiger partial charge in [-0.3, -0.25) is 4.79 Å². The van der Waals surface area contributed by atoms with Gasteiger partial charge in [0.2, 0.25) is 5.91 Å². The highest BCUT2D eigenvalue weighted by atomic mass is 16.5. The van der Waals surface area contributed by atoms with Crippen LogP contribution in [0.15, 0.2) is 60.8 Å². The molecule has 6 heteroatoms. The second-order valence-corrected chi connectivity index (χ2v) is 7.23. The van der Waals surface area contributed by atoms with Gasteiger partial charge >= 0.3 is 5.97 Å². The third-order valence-corrected chi connectivity index (χ3v) is 5.39. The highest BCUT2D eigenvalue weighted by molar-refractivity contribution is 6.01. The van der Waals surface area contributed by atoms with E-state index in [1.165, 1.54) is 6.20 Å². The quantitative estimate of drug-likeness (QED) is 0.646. The monoisotopic (exact) mass is 389 g/mol. The zero-order valence-corrected chi connectivity index (χ0v) is 16.5. The zero-order valence-electron chi connectivity index (χ0n) is 16.5. The fourth-order valence-electron chi connectivity index (χ4n) is 3.54. The van der Waals surface area contributed by atoms with Crippen LogP contribution in [0.5, 0.6) is 0 Å². The van der Waals surface area contributed by atoms with Crippen molar-refractivity contribution in [2.45, 2.75) is 32.1 Å². The Morgan fingerprint density at radius 2 is 1.79 bits per heavy atom. The van der Waals surface area contributed by atoms with Gasteiger partial charge in [-0.25, -0.2) is 9.48 Å². The number of ether oxygens (including phenoxy) is 1. The molecule has 0 aliphatic heterocycles. The number of benzene rings is 2. The number of hydrogen-bond acceptors (Lipinski definition) is 4. The van der Waals surface area contributed by atoms with Gasteiger partial charge in [-0.05, 0) is 56.5 Å². The Labute approximate surface area is 169 Å². The summed E-state index contributed by atoms with van der Waals surface area (Å²) in [5.41, 5.74) is 3.35. The molecule has 0 unspecified atom stereocenters. The number of carbonyl (C=O) groups is 2. The molecule has 148 valence electrons. The van der Waals surface area contributed by atoms with E-state index in [0.717, 1.165) is 29.8 Å². The summed E-state index contributed by atoms with van der Waals surface area (Å²) in [7, 11) is 0. The molecule has 3 aromatic rings. The molecule has 0 saturated heterocycles. The van der Waals surface area contributed by atoms with Gasteiger partial charge in [0, 0.05) is 5.69 Å². The Morgan fingerprint density at radius 3 is 2.41 bits per heavy atom. The molecule has 6 nitrogen and oxygen atoms in total. The van der Waals surface area contributed by atoms with Crippen LogP contribution in [0.3, 0.4) is 0 Å². The summed E-state index contributed by atoms with van der Waals surface area (Å²) in [5.74, 6) is -0.355. The van der Waals surface area contributed by atoms with E-state index in [4.69, 9.17) is 4.74 Å². The fraction of sp³-hybridized carbons (Fsp3) is 0.261. The molecule has 4 rings (SSSR count). The number of aromatic nitrogens is 2. The number of hydrogen-bond donors (Lipinski definition) is 1. The first-order valence-electron chi connectivity index (χ1n) is 9.74. The van der Waals surface area contributed by atoms with Gasteiger partial charge in [0.1, 0.15) is 5.56 Å². The first kappa shape index (κ1) is 18.9. The maximum atomic E-state index is 12.9. The van der Waals surface area contributed by atoms with Gasteiger partial charge in [0.25, 0.3) is 0 Å². The molecule has 0 radical (unpaired) electrons. The van der Waals surface area contributed by atoms with Crippen molar-refractivity contribution in [3.8, 4) is 5.69 Å². The van der Waals surface area contributed by atoms with Crippen LogP contribution in [0.25, 0.3) is 5.69 Å². The van der Waals surface area contributed by atoms with Crippen molar-refractivity contribution < 1.29 is 14.3 Å². The van der Waals surface area contributed by atoms with Crippen LogP contribution in [0.2, 0.25) is 0 Å². The van der Waals surface area contributed by atoms with Crippen LogP contribution in [0.4, 0.5) is 5.69 Å². The summed E-state index contributed by atoms with van der Waals surface area (Å²) < 4.78 is 6.74. The van der Waals surface area contributed by atoms with E-state index >= 15 is 0 Å². The smallest absolute Gasteiger partial charge is 0.341 e. The Bertz CT molecular complexity index is 1030. The summed E-state index contributed by atoms with van der Waals surface area (Å²) in [6.45, 7) is 3.92. The standard InChI is InChI=1S/C23H23N3O3/c1-3-29-21(27)20-15-24-26(16(20)2)19-11-9-18(10-12-19)25-22(28)23(13-14-23)17-7-5-4-6-8-17/h4-12,15H,3,13-14H2,1-2H3,(H,25,28). The van der Waals surface area contributed by atoms with E-state index in [2.05, 4.69) is 10.4 Å². The maximum absolute atomic E-state index is 12.9. The molecular formula is C23H23N3O3. The summed E-state index contributed by atoms with van der Waals surface area (Å²) in [5, 5.41) is 7.33. The average Bonchev–Trinajstić information content (AvgIpc) is 3.47. The van der Waals surface area contributed by atoms with E-state index in [0.29, 0.717) is 17.9 Å². The Hall–Kier alpha value is -3.41. The molecule has 1 heterocycles. The van der Waals surface area contributed by atoms with Crippen LogP contribution in [-0.2, 0) is 14.9 Å². The summed E-state index contributed by atoms with van der Waals surface area (Å²) in [4.78, 5) is 24.8. The number of nitrogens with one attached hydrogen (secondary N) is 1. The minimum atomic E-state index is -0.410. The lowest BCUT2D eigenvalue weighted by atomic mass is 9.95. The van der Waals surface area contributed by atoms with Crippen LogP contribution >= 0.6 is 0 Å². The average molecular weight is 389 g/mol. The predicted molar refractivity (Wildman–Crippen MR) is 110 cm³/mol. The second-order valence-electron chi connectivity index (χ2n) is 7.23. The first-order chi connectivity index (χ1) is 14.0. The topological polar surface area (TPSA) is 73.2 Å². The van der Waals surface area contributed by atoms with E-state index in [9.17, 15) is 9.59 Å². The van der Waals surface area contributed by atoms with Crippen molar-refractivity contribution in [1.29, 1.82) is 0 Å². The number of nitrogens with zero attached hydrogens (tertiary/aromatic N) is 2. The van der Waals surface area contributed by atoms with E-state index < -0.39 is 5.41 Å². The first-order valence-corrected chi connectivity index (χ1v) is 9.74. The lowest BCUT2D eigenvalue weighted by Crippen LogP contribution is -2.27. The Kier molecular flexibility index (Phi) is 4.92. The molecule has 1 aromatic heterocycles. The number of amides is 1. The van der Waals surface area contributed by atoms with Gasteiger partial charge < -0.3 is 10.1 Å². The van der Waals surface area contributed by atoms with Crippen molar-refractivity contribution in [3.05, 3.63) is 77.6 Å². The SMILES string of the molecule is CCOC(=O)c1cnn(-c2ccc(NC(=O)C3(c4ccccc4)CC3)cc2)c1C. The normalized spacial score (nSPS) is 14.3. The molecule has 1 saturated carbocycles. The molecule has 1 aliphatic carbocycles. The van der Waals surface area contributed by atoms with E-state index in [1.54, 1.807) is 11.6 Å². The Balaban J connectivity index is 1.49. The molecule has 0 bridgehead atoms. The molecular weight excluding hydrogens is 366 g/mol. The summed E-state index contributed by atoms with van der Waals surface area (Å²) in [6, 6.07) is 17.3. The minimum absolute atomic E-state index is 0.0244. The Morgan fingerprint density at radius 1 is 1.10 bits per heavy atom. The summed E-state index contributed by atoms with van der Waals surface area (Å²) >= 11 is 0. The third kappa shape index (κ3) is 3.53. The molecule has 1 amide bonds. The molecule has 1 aliphatic rings. The minimum Gasteiger partial charge on any atom is -0.462 e. The van der Waals surface area contributed by atoms with Gasteiger partial charge in [-0.2, -0.15) is 5.10 Å². The molecule has 0 atom stereocenters. The van der Waals surface area contributed by atoms with Crippen molar-refractivity contribution >= 4 is 17.6 Å². The number of anilines is 1. The molecule has 1 fully saturated rings. The van der Waals surface area contributed by atoms with E-state index in [-0.39, 0.29) is 11.9 Å². The molecule has 29 heavy (non-hydrogen) atoms. The molecule has 2 aromatic carbocycles. The number of esters is 1. The van der Waals surface area contributed by atoms with Crippen LogP contribution in [0.1, 0.15) is 41.4 Å². The van der Waals surface area contributed by atoms with Crippen molar-refractivity contribution in [1.82, 2.24) is 9.78 Å². The van der Waals surface area contributed by atoms with Crippen LogP contribution in [-0.4, -0.2) is 28.3 Å². The fourth-order valence-corrected chi connectivity index (χ4v) is 3.54. The highest BCUT2D eigenvalue weighted by Crippen LogP contribution is 2.48. The predicted octanol–water partition coefficient (Wildman–Crippen LogP) is 4.03. The van der Waals surface area contributed by atoms with E-state index in [1.807, 2.05) is 61.5 Å². The van der Waals surface area contributed by atoms with Crippen molar-refractivity contribution in [2.75, 3.05) is 11.9 Å². The van der Waals surface area contributed by atoms with Crippen molar-refractivity contribution in [3.63, 3.8) is 0 Å². The maximum Gasteiger partial charge on any atom is 0.341 e. The van der Waals surface area contributed by atoms with Gasteiger partial charge in [0.05, 0.1) is 29.6 Å². The van der Waals surface area contributed by atoms with Crippen LogP contribution in [0, 0.1) is 6.92 Å². The van der Waals surface area contributed by atoms with Gasteiger partial charge in [-0.15, -0.1) is 0 Å².